The van der Waals surface area contributed by atoms with Gasteiger partial charge in [0, 0.05) is 39.1 Å². The summed E-state index contributed by atoms with van der Waals surface area (Å²) in [6.07, 6.45) is 1.97. The quantitative estimate of drug-likeness (QED) is 0.738. The van der Waals surface area contributed by atoms with Gasteiger partial charge in [-0.3, -0.25) is 0 Å². The predicted molar refractivity (Wildman–Crippen MR) is 98.9 cm³/mol. The molecule has 3 aromatic rings. The van der Waals surface area contributed by atoms with Gasteiger partial charge < -0.3 is 10.2 Å². The summed E-state index contributed by atoms with van der Waals surface area (Å²) in [5.41, 5.74) is 3.73. The molecule has 1 N–H and O–H groups in total. The molecule has 0 bridgehead atoms. The Labute approximate surface area is 141 Å². The SMILES string of the molecule is CN(C)c1ccc(-c2cnc(CNCc3ccccc3)s2)cc1. The summed E-state index contributed by atoms with van der Waals surface area (Å²) in [6, 6.07) is 19.0. The molecule has 0 saturated heterocycles. The van der Waals surface area contributed by atoms with Crippen LogP contribution in [0.4, 0.5) is 5.69 Å². The number of nitrogens with zero attached hydrogens (tertiary/aromatic N) is 2. The molecule has 118 valence electrons. The third kappa shape index (κ3) is 4.18. The fourth-order valence-corrected chi connectivity index (χ4v) is 3.25. The van der Waals surface area contributed by atoms with E-state index in [0.29, 0.717) is 0 Å². The minimum atomic E-state index is 0.801. The van der Waals surface area contributed by atoms with Crippen molar-refractivity contribution in [2.45, 2.75) is 13.1 Å². The fraction of sp³-hybridized carbons (Fsp3) is 0.211. The average molecular weight is 323 g/mol. The summed E-state index contributed by atoms with van der Waals surface area (Å²) >= 11 is 1.75. The third-order valence-electron chi connectivity index (χ3n) is 3.67. The number of thiazole rings is 1. The van der Waals surface area contributed by atoms with Crippen LogP contribution in [-0.2, 0) is 13.1 Å². The standard InChI is InChI=1S/C19H21N3S/c1-22(2)17-10-8-16(9-11-17)18-13-21-19(23-18)14-20-12-15-6-4-3-5-7-15/h3-11,13,20H,12,14H2,1-2H3. The Bertz CT molecular complexity index is 733. The summed E-state index contributed by atoms with van der Waals surface area (Å²) in [6.45, 7) is 1.67. The van der Waals surface area contributed by atoms with E-state index in [1.54, 1.807) is 11.3 Å². The second-order valence-corrected chi connectivity index (χ2v) is 6.76. The molecule has 0 saturated carbocycles. The number of hydrogen-bond donors (Lipinski definition) is 1. The molecule has 0 atom stereocenters. The van der Waals surface area contributed by atoms with E-state index in [-0.39, 0.29) is 0 Å². The van der Waals surface area contributed by atoms with Crippen LogP contribution in [0, 0.1) is 0 Å². The van der Waals surface area contributed by atoms with Gasteiger partial charge in [0.2, 0.25) is 0 Å². The first kappa shape index (κ1) is 15.7. The molecule has 3 rings (SSSR count). The smallest absolute Gasteiger partial charge is 0.107 e. The van der Waals surface area contributed by atoms with Crippen LogP contribution in [0.3, 0.4) is 0 Å². The van der Waals surface area contributed by atoms with Gasteiger partial charge in [-0.1, -0.05) is 42.5 Å². The van der Waals surface area contributed by atoms with Crippen LogP contribution in [0.1, 0.15) is 10.6 Å². The molecule has 1 heterocycles. The molecular formula is C19H21N3S. The van der Waals surface area contributed by atoms with Crippen LogP contribution in [0.5, 0.6) is 0 Å². The molecule has 23 heavy (non-hydrogen) atoms. The van der Waals surface area contributed by atoms with E-state index in [2.05, 4.69) is 77.8 Å². The highest BCUT2D eigenvalue weighted by molar-refractivity contribution is 7.15. The molecule has 0 aliphatic heterocycles. The van der Waals surface area contributed by atoms with Gasteiger partial charge >= 0.3 is 0 Å². The number of hydrogen-bond acceptors (Lipinski definition) is 4. The topological polar surface area (TPSA) is 28.2 Å². The molecule has 4 heteroatoms. The first-order chi connectivity index (χ1) is 11.2. The zero-order valence-electron chi connectivity index (χ0n) is 13.5. The van der Waals surface area contributed by atoms with Gasteiger partial charge in [-0.15, -0.1) is 11.3 Å². The lowest BCUT2D eigenvalue weighted by molar-refractivity contribution is 0.690. The second kappa shape index (κ2) is 7.40. The van der Waals surface area contributed by atoms with Crippen molar-refractivity contribution < 1.29 is 0 Å². The molecular weight excluding hydrogens is 302 g/mol. The van der Waals surface area contributed by atoms with E-state index in [1.807, 2.05) is 12.3 Å². The van der Waals surface area contributed by atoms with Crippen molar-refractivity contribution in [3.05, 3.63) is 71.4 Å². The van der Waals surface area contributed by atoms with Crippen molar-refractivity contribution >= 4 is 17.0 Å². The van der Waals surface area contributed by atoms with Gasteiger partial charge in [-0.05, 0) is 23.3 Å². The Hall–Kier alpha value is -2.17. The summed E-state index contributed by atoms with van der Waals surface area (Å²) < 4.78 is 0. The highest BCUT2D eigenvalue weighted by Gasteiger charge is 2.05. The molecule has 0 aliphatic carbocycles. The summed E-state index contributed by atoms with van der Waals surface area (Å²) in [4.78, 5) is 7.85. The van der Waals surface area contributed by atoms with Crippen LogP contribution in [0.15, 0.2) is 60.8 Å². The van der Waals surface area contributed by atoms with Gasteiger partial charge in [0.05, 0.1) is 4.88 Å². The van der Waals surface area contributed by atoms with Gasteiger partial charge in [-0.2, -0.15) is 0 Å². The molecule has 1 aromatic heterocycles. The molecule has 0 amide bonds. The molecule has 0 radical (unpaired) electrons. The van der Waals surface area contributed by atoms with Crippen LogP contribution in [0.2, 0.25) is 0 Å². The van der Waals surface area contributed by atoms with Crippen LogP contribution >= 0.6 is 11.3 Å². The average Bonchev–Trinajstić information content (AvgIpc) is 3.05. The van der Waals surface area contributed by atoms with E-state index in [1.165, 1.54) is 21.7 Å². The second-order valence-electron chi connectivity index (χ2n) is 5.65. The highest BCUT2D eigenvalue weighted by Crippen LogP contribution is 2.27. The Morgan fingerprint density at radius 3 is 2.39 bits per heavy atom. The zero-order valence-corrected chi connectivity index (χ0v) is 14.3. The Morgan fingerprint density at radius 2 is 1.70 bits per heavy atom. The van der Waals surface area contributed by atoms with Crippen molar-refractivity contribution in [1.29, 1.82) is 0 Å². The maximum atomic E-state index is 4.53. The van der Waals surface area contributed by atoms with E-state index in [4.69, 9.17) is 0 Å². The molecule has 0 spiro atoms. The molecule has 2 aromatic carbocycles. The van der Waals surface area contributed by atoms with Crippen molar-refractivity contribution in [3.8, 4) is 10.4 Å². The maximum Gasteiger partial charge on any atom is 0.107 e. The lowest BCUT2D eigenvalue weighted by Crippen LogP contribution is -2.12. The number of nitrogens with one attached hydrogen (secondary N) is 1. The van der Waals surface area contributed by atoms with Gasteiger partial charge in [0.1, 0.15) is 5.01 Å². The van der Waals surface area contributed by atoms with Crippen molar-refractivity contribution in [2.24, 2.45) is 0 Å². The molecule has 0 fully saturated rings. The van der Waals surface area contributed by atoms with Crippen LogP contribution < -0.4 is 10.2 Å². The van der Waals surface area contributed by atoms with E-state index in [0.717, 1.165) is 18.1 Å². The zero-order chi connectivity index (χ0) is 16.1. The van der Waals surface area contributed by atoms with E-state index in [9.17, 15) is 0 Å². The number of rotatable bonds is 6. The van der Waals surface area contributed by atoms with Gasteiger partial charge in [0.15, 0.2) is 0 Å². The maximum absolute atomic E-state index is 4.53. The number of benzene rings is 2. The van der Waals surface area contributed by atoms with Gasteiger partial charge in [0.25, 0.3) is 0 Å². The lowest BCUT2D eigenvalue weighted by atomic mass is 10.2. The van der Waals surface area contributed by atoms with Crippen LogP contribution in [-0.4, -0.2) is 19.1 Å². The third-order valence-corrected chi connectivity index (χ3v) is 4.72. The Balaban J connectivity index is 1.59. The molecule has 3 nitrogen and oxygen atoms in total. The molecule has 0 aliphatic rings. The van der Waals surface area contributed by atoms with Crippen LogP contribution in [0.25, 0.3) is 10.4 Å². The Kier molecular flexibility index (Phi) is 5.05. The van der Waals surface area contributed by atoms with Crippen molar-refractivity contribution in [1.82, 2.24) is 10.3 Å². The van der Waals surface area contributed by atoms with E-state index >= 15 is 0 Å². The van der Waals surface area contributed by atoms with E-state index < -0.39 is 0 Å². The Morgan fingerprint density at radius 1 is 0.957 bits per heavy atom. The highest BCUT2D eigenvalue weighted by atomic mass is 32.1. The number of aromatic nitrogens is 1. The minimum absolute atomic E-state index is 0.801. The fourth-order valence-electron chi connectivity index (χ4n) is 2.36. The molecule has 0 unspecified atom stereocenters. The van der Waals surface area contributed by atoms with Crippen molar-refractivity contribution in [3.63, 3.8) is 0 Å². The predicted octanol–water partition coefficient (Wildman–Crippen LogP) is 4.17. The largest absolute Gasteiger partial charge is 0.378 e. The van der Waals surface area contributed by atoms with Crippen molar-refractivity contribution in [2.75, 3.05) is 19.0 Å². The first-order valence-electron chi connectivity index (χ1n) is 7.69. The minimum Gasteiger partial charge on any atom is -0.378 e. The van der Waals surface area contributed by atoms with Gasteiger partial charge in [-0.25, -0.2) is 4.98 Å². The summed E-state index contributed by atoms with van der Waals surface area (Å²) in [5, 5.41) is 4.57. The monoisotopic (exact) mass is 323 g/mol. The number of anilines is 1. The first-order valence-corrected chi connectivity index (χ1v) is 8.51. The summed E-state index contributed by atoms with van der Waals surface area (Å²) in [5.74, 6) is 0. The summed E-state index contributed by atoms with van der Waals surface area (Å²) in [7, 11) is 4.11. The normalized spacial score (nSPS) is 10.7. The lowest BCUT2D eigenvalue weighted by Gasteiger charge is -2.12.